The average molecular weight is 316 g/mol. The first-order valence-electron chi connectivity index (χ1n) is 7.67. The molecule has 0 bridgehead atoms. The largest absolute Gasteiger partial charge is 0.573 e. The van der Waals surface area contributed by atoms with Crippen LogP contribution in [-0.2, 0) is 11.8 Å². The van der Waals surface area contributed by atoms with Gasteiger partial charge in [0.05, 0.1) is 0 Å². The summed E-state index contributed by atoms with van der Waals surface area (Å²) >= 11 is 0. The van der Waals surface area contributed by atoms with Gasteiger partial charge in [-0.2, -0.15) is 0 Å². The van der Waals surface area contributed by atoms with Gasteiger partial charge < -0.3 is 4.74 Å². The highest BCUT2D eigenvalue weighted by atomic mass is 19.4. The van der Waals surface area contributed by atoms with E-state index in [1.165, 1.54) is 12.1 Å². The molecule has 1 nitrogen and oxygen atoms in total. The third kappa shape index (κ3) is 6.71. The second kappa shape index (κ2) is 6.51. The Morgan fingerprint density at radius 1 is 0.955 bits per heavy atom. The minimum atomic E-state index is -4.65. The van der Waals surface area contributed by atoms with E-state index in [4.69, 9.17) is 0 Å². The predicted molar refractivity (Wildman–Crippen MR) is 84.2 cm³/mol. The van der Waals surface area contributed by atoms with Crippen molar-refractivity contribution in [3.63, 3.8) is 0 Å². The van der Waals surface area contributed by atoms with Gasteiger partial charge in [-0.15, -0.1) is 13.2 Å². The molecule has 0 fully saturated rings. The summed E-state index contributed by atoms with van der Waals surface area (Å²) in [5.74, 6) is -0.133. The van der Waals surface area contributed by atoms with Gasteiger partial charge in [0.15, 0.2) is 0 Å². The molecule has 0 amide bonds. The van der Waals surface area contributed by atoms with Gasteiger partial charge in [-0.3, -0.25) is 0 Å². The van der Waals surface area contributed by atoms with E-state index >= 15 is 0 Å². The molecule has 0 aliphatic heterocycles. The number of ether oxygens (including phenoxy) is 1. The number of alkyl halides is 3. The Morgan fingerprint density at radius 2 is 1.55 bits per heavy atom. The summed E-state index contributed by atoms with van der Waals surface area (Å²) in [6, 6.07) is 4.70. The van der Waals surface area contributed by atoms with Crippen molar-refractivity contribution in [2.45, 2.75) is 72.6 Å². The Morgan fingerprint density at radius 3 is 2.00 bits per heavy atom. The molecule has 1 aromatic carbocycles. The molecule has 0 saturated heterocycles. The summed E-state index contributed by atoms with van der Waals surface area (Å²) < 4.78 is 41.2. The van der Waals surface area contributed by atoms with E-state index < -0.39 is 6.36 Å². The fraction of sp³-hybridized carbons (Fsp3) is 0.667. The number of rotatable bonds is 4. The van der Waals surface area contributed by atoms with Gasteiger partial charge in [0.25, 0.3) is 0 Å². The zero-order chi connectivity index (χ0) is 17.2. The van der Waals surface area contributed by atoms with E-state index in [-0.39, 0.29) is 16.6 Å². The molecule has 0 saturated carbocycles. The van der Waals surface area contributed by atoms with Crippen LogP contribution in [0.3, 0.4) is 0 Å². The van der Waals surface area contributed by atoms with Gasteiger partial charge in [-0.1, -0.05) is 47.6 Å². The molecule has 1 rings (SSSR count). The summed E-state index contributed by atoms with van der Waals surface area (Å²) in [5.41, 5.74) is 2.14. The van der Waals surface area contributed by atoms with Crippen LogP contribution in [0.5, 0.6) is 5.75 Å². The van der Waals surface area contributed by atoms with E-state index in [2.05, 4.69) is 46.3 Å². The Bertz CT molecular complexity index is 491. The third-order valence-electron chi connectivity index (χ3n) is 3.49. The van der Waals surface area contributed by atoms with Crippen molar-refractivity contribution in [2.24, 2.45) is 5.41 Å². The van der Waals surface area contributed by atoms with Gasteiger partial charge in [0.2, 0.25) is 0 Å². The summed E-state index contributed by atoms with van der Waals surface area (Å²) in [5, 5.41) is 0. The lowest BCUT2D eigenvalue weighted by molar-refractivity contribution is -0.274. The molecule has 1 aromatic rings. The molecular formula is C18H27F3O. The Balaban J connectivity index is 3.00. The van der Waals surface area contributed by atoms with Crippen LogP contribution in [0, 0.1) is 5.41 Å². The van der Waals surface area contributed by atoms with Crippen LogP contribution in [-0.4, -0.2) is 6.36 Å². The highest BCUT2D eigenvalue weighted by Gasteiger charge is 2.31. The smallest absolute Gasteiger partial charge is 0.406 e. The maximum atomic E-state index is 12.4. The zero-order valence-corrected chi connectivity index (χ0v) is 14.4. The quantitative estimate of drug-likeness (QED) is 0.638. The topological polar surface area (TPSA) is 9.23 Å². The van der Waals surface area contributed by atoms with Crippen molar-refractivity contribution in [1.82, 2.24) is 0 Å². The molecule has 0 atom stereocenters. The maximum absolute atomic E-state index is 12.4. The van der Waals surface area contributed by atoms with Crippen LogP contribution < -0.4 is 4.74 Å². The highest BCUT2D eigenvalue weighted by Crippen LogP contribution is 2.33. The molecule has 0 aliphatic rings. The number of hydrogen-bond acceptors (Lipinski definition) is 1. The molecule has 0 heterocycles. The first-order chi connectivity index (χ1) is 9.78. The fourth-order valence-electron chi connectivity index (χ4n) is 2.51. The Kier molecular flexibility index (Phi) is 5.58. The van der Waals surface area contributed by atoms with E-state index in [1.54, 1.807) is 6.07 Å². The Hall–Kier alpha value is -1.19. The van der Waals surface area contributed by atoms with Crippen molar-refractivity contribution >= 4 is 0 Å². The molecule has 22 heavy (non-hydrogen) atoms. The average Bonchev–Trinajstić information content (AvgIpc) is 2.23. The summed E-state index contributed by atoms with van der Waals surface area (Å²) in [6.07, 6.45) is -1.91. The first kappa shape index (κ1) is 18.9. The van der Waals surface area contributed by atoms with Crippen LogP contribution >= 0.6 is 0 Å². The van der Waals surface area contributed by atoms with E-state index in [1.807, 2.05) is 0 Å². The van der Waals surface area contributed by atoms with Gasteiger partial charge in [0.1, 0.15) is 5.75 Å². The molecule has 0 aromatic heterocycles. The van der Waals surface area contributed by atoms with Gasteiger partial charge >= 0.3 is 6.36 Å². The van der Waals surface area contributed by atoms with Gasteiger partial charge in [-0.05, 0) is 53.4 Å². The SMILES string of the molecule is CC(C)(C)CCCc1cc(OC(F)(F)F)ccc1C(C)(C)C. The molecule has 4 heteroatoms. The highest BCUT2D eigenvalue weighted by molar-refractivity contribution is 5.39. The molecule has 0 spiro atoms. The summed E-state index contributed by atoms with van der Waals surface area (Å²) in [7, 11) is 0. The van der Waals surface area contributed by atoms with Crippen molar-refractivity contribution in [1.29, 1.82) is 0 Å². The van der Waals surface area contributed by atoms with Gasteiger partial charge in [0, 0.05) is 0 Å². The second-order valence-electron chi connectivity index (χ2n) is 8.03. The molecule has 0 N–H and O–H groups in total. The predicted octanol–water partition coefficient (Wildman–Crippen LogP) is 6.25. The monoisotopic (exact) mass is 316 g/mol. The Labute approximate surface area is 131 Å². The van der Waals surface area contributed by atoms with E-state index in [0.29, 0.717) is 0 Å². The number of aryl methyl sites for hydroxylation is 1. The maximum Gasteiger partial charge on any atom is 0.573 e. The standard InChI is InChI=1S/C18H27F3O/c1-16(2,3)11-7-8-13-12-14(22-18(19,20)21)9-10-15(13)17(4,5)6/h9-10,12H,7-8,11H2,1-6H3. The molecule has 0 aliphatic carbocycles. The zero-order valence-electron chi connectivity index (χ0n) is 14.4. The van der Waals surface area contributed by atoms with Crippen LogP contribution in [0.2, 0.25) is 0 Å². The van der Waals surface area contributed by atoms with Crippen LogP contribution in [0.1, 0.15) is 65.5 Å². The van der Waals surface area contributed by atoms with E-state index in [9.17, 15) is 13.2 Å². The second-order valence-corrected chi connectivity index (χ2v) is 8.03. The third-order valence-corrected chi connectivity index (χ3v) is 3.49. The lowest BCUT2D eigenvalue weighted by atomic mass is 9.81. The lowest BCUT2D eigenvalue weighted by Gasteiger charge is -2.25. The number of halogens is 3. The van der Waals surface area contributed by atoms with Crippen LogP contribution in [0.15, 0.2) is 18.2 Å². The van der Waals surface area contributed by atoms with E-state index in [0.717, 1.165) is 30.4 Å². The summed E-state index contributed by atoms with van der Waals surface area (Å²) in [4.78, 5) is 0. The van der Waals surface area contributed by atoms with Gasteiger partial charge in [-0.25, -0.2) is 0 Å². The minimum absolute atomic E-state index is 0.103. The normalized spacial score (nSPS) is 13.3. The molecule has 0 radical (unpaired) electrons. The van der Waals surface area contributed by atoms with Crippen molar-refractivity contribution < 1.29 is 17.9 Å². The molecule has 126 valence electrons. The minimum Gasteiger partial charge on any atom is -0.406 e. The fourth-order valence-corrected chi connectivity index (χ4v) is 2.51. The van der Waals surface area contributed by atoms with Crippen molar-refractivity contribution in [3.05, 3.63) is 29.3 Å². The van der Waals surface area contributed by atoms with Crippen molar-refractivity contribution in [2.75, 3.05) is 0 Å². The number of benzene rings is 1. The first-order valence-corrected chi connectivity index (χ1v) is 7.67. The molecular weight excluding hydrogens is 289 g/mol. The molecule has 0 unspecified atom stereocenters. The lowest BCUT2D eigenvalue weighted by Crippen LogP contribution is -2.19. The van der Waals surface area contributed by atoms with Crippen molar-refractivity contribution in [3.8, 4) is 5.75 Å². The van der Waals surface area contributed by atoms with Crippen LogP contribution in [0.4, 0.5) is 13.2 Å². The summed E-state index contributed by atoms with van der Waals surface area (Å²) in [6.45, 7) is 12.7. The number of hydrogen-bond donors (Lipinski definition) is 0. The van der Waals surface area contributed by atoms with Crippen LogP contribution in [0.25, 0.3) is 0 Å².